The highest BCUT2D eigenvalue weighted by atomic mass is 19.4. The van der Waals surface area contributed by atoms with Gasteiger partial charge in [-0.2, -0.15) is 13.2 Å². The van der Waals surface area contributed by atoms with Gasteiger partial charge in [0.15, 0.2) is 5.75 Å². The fraction of sp³-hybridized carbons (Fsp3) is 0.250. The molecule has 7 nitrogen and oxygen atoms in total. The van der Waals surface area contributed by atoms with Crippen LogP contribution in [0.4, 0.5) is 33.7 Å². The van der Waals surface area contributed by atoms with Gasteiger partial charge in [0.2, 0.25) is 0 Å². The van der Waals surface area contributed by atoms with Gasteiger partial charge in [0.1, 0.15) is 11.6 Å². The molecule has 0 spiro atoms. The quantitative estimate of drug-likeness (QED) is 0.351. The molecule has 0 saturated carbocycles. The van der Waals surface area contributed by atoms with Crippen molar-refractivity contribution in [3.63, 3.8) is 0 Å². The van der Waals surface area contributed by atoms with Crippen LogP contribution in [0.25, 0.3) is 11.1 Å². The second kappa shape index (κ2) is 10.5. The minimum atomic E-state index is -4.70. The van der Waals surface area contributed by atoms with Gasteiger partial charge in [-0.3, -0.25) is 4.79 Å². The first kappa shape index (κ1) is 25.6. The molecule has 1 aromatic heterocycles. The molecule has 0 saturated heterocycles. The summed E-state index contributed by atoms with van der Waals surface area (Å²) in [6, 6.07) is 7.54. The van der Waals surface area contributed by atoms with Crippen molar-refractivity contribution >= 4 is 17.4 Å². The van der Waals surface area contributed by atoms with E-state index in [2.05, 4.69) is 15.6 Å². The molecule has 3 rings (SSSR count). The minimum Gasteiger partial charge on any atom is -0.490 e. The van der Waals surface area contributed by atoms with Gasteiger partial charge >= 0.3 is 12.2 Å². The summed E-state index contributed by atoms with van der Waals surface area (Å²) in [4.78, 5) is 26.6. The van der Waals surface area contributed by atoms with E-state index in [0.717, 1.165) is 18.2 Å². The van der Waals surface area contributed by atoms with E-state index in [4.69, 9.17) is 9.47 Å². The number of anilines is 2. The van der Waals surface area contributed by atoms with Gasteiger partial charge in [0, 0.05) is 17.4 Å². The largest absolute Gasteiger partial charge is 0.490 e. The van der Waals surface area contributed by atoms with Gasteiger partial charge in [-0.1, -0.05) is 6.07 Å². The lowest BCUT2D eigenvalue weighted by atomic mass is 10.1. The Hall–Kier alpha value is -4.02. The highest BCUT2D eigenvalue weighted by Crippen LogP contribution is 2.38. The first-order chi connectivity index (χ1) is 16.5. The van der Waals surface area contributed by atoms with E-state index >= 15 is 0 Å². The van der Waals surface area contributed by atoms with Crippen LogP contribution in [-0.4, -0.2) is 23.7 Å². The number of benzene rings is 2. The second-order valence-electron chi connectivity index (χ2n) is 7.66. The fourth-order valence-corrected chi connectivity index (χ4v) is 3.16. The van der Waals surface area contributed by atoms with Gasteiger partial charge < -0.3 is 25.1 Å². The highest BCUT2D eigenvalue weighted by Gasteiger charge is 2.35. The summed E-state index contributed by atoms with van der Waals surface area (Å²) in [5.74, 6) is -1.08. The zero-order valence-electron chi connectivity index (χ0n) is 19.0. The number of amides is 2. The maximum atomic E-state index is 14.6. The summed E-state index contributed by atoms with van der Waals surface area (Å²) in [5, 5.41) is 4.52. The molecule has 35 heavy (non-hydrogen) atoms. The summed E-state index contributed by atoms with van der Waals surface area (Å²) < 4.78 is 65.3. The molecule has 3 N–H and O–H groups in total. The van der Waals surface area contributed by atoms with Gasteiger partial charge in [-0.15, -0.1) is 0 Å². The number of aromatic amines is 1. The van der Waals surface area contributed by atoms with Crippen LogP contribution in [-0.2, 0) is 6.18 Å². The Bertz CT molecular complexity index is 1270. The van der Waals surface area contributed by atoms with Crippen LogP contribution >= 0.6 is 0 Å². The van der Waals surface area contributed by atoms with Crippen LogP contribution in [0, 0.1) is 5.82 Å². The summed E-state index contributed by atoms with van der Waals surface area (Å²) >= 11 is 0. The molecule has 0 radical (unpaired) electrons. The average Bonchev–Trinajstić information content (AvgIpc) is 2.77. The van der Waals surface area contributed by atoms with E-state index in [1.54, 1.807) is 20.8 Å². The molecule has 2 aromatic carbocycles. The molecule has 0 bridgehead atoms. The third-order valence-corrected chi connectivity index (χ3v) is 4.63. The first-order valence-corrected chi connectivity index (χ1v) is 10.6. The molecule has 3 aromatic rings. The summed E-state index contributed by atoms with van der Waals surface area (Å²) in [5.41, 5.74) is -0.945. The van der Waals surface area contributed by atoms with Crippen molar-refractivity contribution in [2.75, 3.05) is 17.2 Å². The molecule has 1 heterocycles. The number of pyridine rings is 1. The molecule has 11 heteroatoms. The van der Waals surface area contributed by atoms with Gasteiger partial charge in [0.25, 0.3) is 5.56 Å². The van der Waals surface area contributed by atoms with Crippen LogP contribution < -0.4 is 25.7 Å². The van der Waals surface area contributed by atoms with Gasteiger partial charge in [-0.05, 0) is 62.7 Å². The maximum absolute atomic E-state index is 14.6. The lowest BCUT2D eigenvalue weighted by molar-refractivity contribution is -0.139. The van der Waals surface area contributed by atoms with Crippen molar-refractivity contribution in [1.29, 1.82) is 0 Å². The van der Waals surface area contributed by atoms with Crippen molar-refractivity contribution in [3.8, 4) is 22.6 Å². The van der Waals surface area contributed by atoms with Crippen molar-refractivity contribution in [3.05, 3.63) is 70.4 Å². The molecule has 0 atom stereocenters. The van der Waals surface area contributed by atoms with Crippen LogP contribution in [0.5, 0.6) is 11.5 Å². The number of ether oxygens (including phenoxy) is 2. The predicted molar refractivity (Wildman–Crippen MR) is 123 cm³/mol. The zero-order valence-corrected chi connectivity index (χ0v) is 19.0. The van der Waals surface area contributed by atoms with Crippen LogP contribution in [0.15, 0.2) is 53.5 Å². The third-order valence-electron chi connectivity index (χ3n) is 4.63. The van der Waals surface area contributed by atoms with Crippen LogP contribution in [0.3, 0.4) is 0 Å². The van der Waals surface area contributed by atoms with E-state index in [-0.39, 0.29) is 29.5 Å². The summed E-state index contributed by atoms with van der Waals surface area (Å²) in [7, 11) is 0. The monoisotopic (exact) mass is 493 g/mol. The summed E-state index contributed by atoms with van der Waals surface area (Å²) in [6.07, 6.45) is -3.79. The molecule has 0 fully saturated rings. The van der Waals surface area contributed by atoms with Gasteiger partial charge in [0.05, 0.1) is 24.0 Å². The number of H-pyrrole nitrogens is 1. The van der Waals surface area contributed by atoms with Crippen LogP contribution in [0.1, 0.15) is 26.3 Å². The highest BCUT2D eigenvalue weighted by molar-refractivity contribution is 6.00. The summed E-state index contributed by atoms with van der Waals surface area (Å²) in [6.45, 7) is 5.18. The van der Waals surface area contributed by atoms with E-state index in [9.17, 15) is 27.2 Å². The second-order valence-corrected chi connectivity index (χ2v) is 7.66. The molecule has 186 valence electrons. The zero-order chi connectivity index (χ0) is 25.8. The molecule has 0 unspecified atom stereocenters. The number of rotatable bonds is 7. The molecule has 0 aliphatic heterocycles. The Labute approximate surface area is 198 Å². The molecule has 2 amide bonds. The molecular weight excluding hydrogens is 470 g/mol. The first-order valence-electron chi connectivity index (χ1n) is 10.6. The Balaban J connectivity index is 1.76. The number of alkyl halides is 3. The van der Waals surface area contributed by atoms with Crippen molar-refractivity contribution in [2.24, 2.45) is 0 Å². The predicted octanol–water partition coefficient (Wildman–Crippen LogP) is 6.03. The maximum Gasteiger partial charge on any atom is 0.420 e. The number of carbonyl (C=O) groups excluding carboxylic acids is 1. The number of urea groups is 1. The number of nitrogens with one attached hydrogen (secondary N) is 3. The average molecular weight is 493 g/mol. The molecule has 0 aliphatic rings. The smallest absolute Gasteiger partial charge is 0.420 e. The van der Waals surface area contributed by atoms with Crippen molar-refractivity contribution in [1.82, 2.24) is 4.98 Å². The van der Waals surface area contributed by atoms with Crippen LogP contribution in [0.2, 0.25) is 0 Å². The van der Waals surface area contributed by atoms with E-state index < -0.39 is 35.3 Å². The van der Waals surface area contributed by atoms with E-state index in [1.165, 1.54) is 30.5 Å². The Morgan fingerprint density at radius 2 is 1.77 bits per heavy atom. The lowest BCUT2D eigenvalue weighted by Crippen LogP contribution is -2.21. The van der Waals surface area contributed by atoms with E-state index in [0.29, 0.717) is 11.1 Å². The Morgan fingerprint density at radius 1 is 1.03 bits per heavy atom. The number of aromatic nitrogens is 1. The molecule has 0 aliphatic carbocycles. The number of hydrogen-bond acceptors (Lipinski definition) is 4. The van der Waals surface area contributed by atoms with Crippen molar-refractivity contribution < 1.29 is 31.8 Å². The van der Waals surface area contributed by atoms with E-state index in [1.807, 2.05) is 0 Å². The number of hydrogen-bond donors (Lipinski definition) is 3. The third kappa shape index (κ3) is 6.52. The number of carbonyl (C=O) groups is 1. The minimum absolute atomic E-state index is 0.0787. The molecular formula is C24H23F4N3O4. The Kier molecular flexibility index (Phi) is 7.68. The normalized spacial score (nSPS) is 11.3. The van der Waals surface area contributed by atoms with Gasteiger partial charge in [-0.25, -0.2) is 9.18 Å². The Morgan fingerprint density at radius 3 is 2.40 bits per heavy atom. The topological polar surface area (TPSA) is 92.4 Å². The number of halogens is 4. The van der Waals surface area contributed by atoms with Crippen molar-refractivity contribution in [2.45, 2.75) is 33.1 Å². The fourth-order valence-electron chi connectivity index (χ4n) is 3.16. The lowest BCUT2D eigenvalue weighted by Gasteiger charge is -2.17. The SMILES string of the molecule is CCOc1cc(-c2ccc(NC(=O)Nc3ccc(OC(C)C)c(C(F)(F)F)c3)c(F)c2)c[nH]c1=O. The standard InChI is InChI=1S/C24H23F4N3O4/c1-4-34-21-10-15(12-29-22(21)32)14-5-7-19(18(25)9-14)31-23(33)30-16-6-8-20(35-13(2)3)17(11-16)24(26,27)28/h5-13H,4H2,1-3H3,(H,29,32)(H2,30,31,33).